The Labute approximate surface area is 153 Å². The first-order valence-electron chi connectivity index (χ1n) is 8.16. The Bertz CT molecular complexity index is 937. The molecule has 1 heterocycles. The molecule has 0 radical (unpaired) electrons. The highest BCUT2D eigenvalue weighted by Crippen LogP contribution is 2.22. The van der Waals surface area contributed by atoms with Crippen LogP contribution in [0.2, 0.25) is 0 Å². The number of hydrogen-bond donors (Lipinski definition) is 2. The molecule has 0 spiro atoms. The SMILES string of the molecule is Cc1cc(=O)c(C(=O)NCCCCC(=O)O)nn1-c1ccccc1[N+](=O)[O-]. The third-order valence-corrected chi connectivity index (χ3v) is 3.73. The van der Waals surface area contributed by atoms with Crippen molar-refractivity contribution < 1.29 is 19.6 Å². The minimum absolute atomic E-state index is 0.0108. The van der Waals surface area contributed by atoms with Gasteiger partial charge in [0.2, 0.25) is 5.43 Å². The summed E-state index contributed by atoms with van der Waals surface area (Å²) in [5.74, 6) is -1.64. The fraction of sp³-hybridized carbons (Fsp3) is 0.294. The van der Waals surface area contributed by atoms with Crippen LogP contribution in [0.5, 0.6) is 0 Å². The predicted octanol–water partition coefficient (Wildman–Crippen LogP) is 1.43. The fourth-order valence-corrected chi connectivity index (χ4v) is 2.43. The summed E-state index contributed by atoms with van der Waals surface area (Å²) in [5, 5.41) is 26.3. The number of nitrogens with one attached hydrogen (secondary N) is 1. The number of aromatic nitrogens is 2. The molecule has 0 fully saturated rings. The number of nitro groups is 1. The van der Waals surface area contributed by atoms with E-state index >= 15 is 0 Å². The molecule has 0 aliphatic heterocycles. The molecule has 10 nitrogen and oxygen atoms in total. The maximum absolute atomic E-state index is 12.2. The number of benzene rings is 1. The molecule has 27 heavy (non-hydrogen) atoms. The van der Waals surface area contributed by atoms with Gasteiger partial charge >= 0.3 is 5.97 Å². The Morgan fingerprint density at radius 3 is 2.67 bits per heavy atom. The molecular formula is C17H18N4O6. The summed E-state index contributed by atoms with van der Waals surface area (Å²) >= 11 is 0. The lowest BCUT2D eigenvalue weighted by molar-refractivity contribution is -0.384. The second-order valence-corrected chi connectivity index (χ2v) is 5.76. The molecule has 1 amide bonds. The largest absolute Gasteiger partial charge is 0.481 e. The minimum Gasteiger partial charge on any atom is -0.481 e. The zero-order valence-electron chi connectivity index (χ0n) is 14.5. The Morgan fingerprint density at radius 2 is 2.00 bits per heavy atom. The second kappa shape index (κ2) is 8.70. The smallest absolute Gasteiger partial charge is 0.303 e. The number of para-hydroxylation sites is 2. The molecule has 1 aromatic carbocycles. The summed E-state index contributed by atoms with van der Waals surface area (Å²) in [4.78, 5) is 45.5. The third kappa shape index (κ3) is 4.97. The summed E-state index contributed by atoms with van der Waals surface area (Å²) in [6.45, 7) is 1.74. The molecule has 10 heteroatoms. The molecule has 1 aromatic heterocycles. The number of carboxylic acid groups (broad SMARTS) is 1. The van der Waals surface area contributed by atoms with Crippen LogP contribution < -0.4 is 10.7 Å². The Balaban J connectivity index is 2.26. The van der Waals surface area contributed by atoms with Gasteiger partial charge < -0.3 is 10.4 Å². The third-order valence-electron chi connectivity index (χ3n) is 3.73. The van der Waals surface area contributed by atoms with Gasteiger partial charge in [0.25, 0.3) is 11.6 Å². The monoisotopic (exact) mass is 374 g/mol. The molecule has 2 rings (SSSR count). The van der Waals surface area contributed by atoms with Crippen molar-refractivity contribution in [1.29, 1.82) is 0 Å². The number of rotatable bonds is 8. The van der Waals surface area contributed by atoms with E-state index in [0.29, 0.717) is 18.5 Å². The zero-order chi connectivity index (χ0) is 20.0. The summed E-state index contributed by atoms with van der Waals surface area (Å²) < 4.78 is 1.18. The van der Waals surface area contributed by atoms with Crippen molar-refractivity contribution >= 4 is 17.6 Å². The van der Waals surface area contributed by atoms with E-state index in [1.165, 1.54) is 28.9 Å². The van der Waals surface area contributed by atoms with Gasteiger partial charge in [0.05, 0.1) is 4.92 Å². The molecule has 0 unspecified atom stereocenters. The Kier molecular flexibility index (Phi) is 6.36. The van der Waals surface area contributed by atoms with Crippen molar-refractivity contribution in [3.63, 3.8) is 0 Å². The van der Waals surface area contributed by atoms with Crippen LogP contribution in [0.1, 0.15) is 35.4 Å². The average molecular weight is 374 g/mol. The lowest BCUT2D eigenvalue weighted by Gasteiger charge is -2.11. The van der Waals surface area contributed by atoms with Gasteiger partial charge in [0.1, 0.15) is 5.69 Å². The molecule has 0 bridgehead atoms. The summed E-state index contributed by atoms with van der Waals surface area (Å²) in [5.41, 5.74) is -0.734. The zero-order valence-corrected chi connectivity index (χ0v) is 14.5. The van der Waals surface area contributed by atoms with Gasteiger partial charge in [-0.15, -0.1) is 0 Å². The fourth-order valence-electron chi connectivity index (χ4n) is 2.43. The number of hydrogen-bond acceptors (Lipinski definition) is 6. The Hall–Kier alpha value is -3.56. The van der Waals surface area contributed by atoms with E-state index < -0.39 is 27.9 Å². The molecule has 2 aromatic rings. The predicted molar refractivity (Wildman–Crippen MR) is 95.0 cm³/mol. The number of nitrogens with zero attached hydrogens (tertiary/aromatic N) is 3. The first-order valence-corrected chi connectivity index (χ1v) is 8.16. The number of unbranched alkanes of at least 4 members (excludes halogenated alkanes) is 1. The molecule has 0 aliphatic carbocycles. The number of carboxylic acids is 1. The first kappa shape index (κ1) is 19.8. The molecule has 0 saturated heterocycles. The normalized spacial score (nSPS) is 10.4. The quantitative estimate of drug-likeness (QED) is 0.404. The molecule has 0 aliphatic rings. The topological polar surface area (TPSA) is 144 Å². The molecular weight excluding hydrogens is 356 g/mol. The maximum Gasteiger partial charge on any atom is 0.303 e. The number of aliphatic carboxylic acids is 1. The van der Waals surface area contributed by atoms with Crippen LogP contribution in [0.4, 0.5) is 5.69 Å². The minimum atomic E-state index is -0.922. The van der Waals surface area contributed by atoms with E-state index in [0.717, 1.165) is 0 Å². The van der Waals surface area contributed by atoms with Crippen molar-refractivity contribution in [1.82, 2.24) is 15.1 Å². The van der Waals surface area contributed by atoms with Crippen molar-refractivity contribution in [2.75, 3.05) is 6.54 Å². The van der Waals surface area contributed by atoms with Crippen LogP contribution in [0.3, 0.4) is 0 Å². The lowest BCUT2D eigenvalue weighted by Crippen LogP contribution is -2.32. The Morgan fingerprint density at radius 1 is 1.30 bits per heavy atom. The number of nitro benzene ring substituents is 1. The van der Waals surface area contributed by atoms with E-state index in [4.69, 9.17) is 5.11 Å². The summed E-state index contributed by atoms with van der Waals surface area (Å²) in [6.07, 6.45) is 0.808. The van der Waals surface area contributed by atoms with Gasteiger partial charge in [0.15, 0.2) is 5.69 Å². The molecule has 142 valence electrons. The van der Waals surface area contributed by atoms with Crippen LogP contribution >= 0.6 is 0 Å². The van der Waals surface area contributed by atoms with Gasteiger partial charge in [-0.05, 0) is 25.8 Å². The van der Waals surface area contributed by atoms with Gasteiger partial charge in [-0.1, -0.05) is 12.1 Å². The van der Waals surface area contributed by atoms with Gasteiger partial charge in [0, 0.05) is 30.8 Å². The van der Waals surface area contributed by atoms with Gasteiger partial charge in [-0.3, -0.25) is 24.5 Å². The van der Waals surface area contributed by atoms with Crippen molar-refractivity contribution in [2.24, 2.45) is 0 Å². The first-order chi connectivity index (χ1) is 12.8. The molecule has 2 N–H and O–H groups in total. The highest BCUT2D eigenvalue weighted by atomic mass is 16.6. The molecule has 0 saturated carbocycles. The van der Waals surface area contributed by atoms with E-state index in [1.807, 2.05) is 0 Å². The summed E-state index contributed by atoms with van der Waals surface area (Å²) in [6, 6.07) is 7.05. The van der Waals surface area contributed by atoms with E-state index in [-0.39, 0.29) is 24.3 Å². The van der Waals surface area contributed by atoms with Gasteiger partial charge in [-0.25, -0.2) is 4.68 Å². The number of amides is 1. The number of carbonyl (C=O) groups is 2. The van der Waals surface area contributed by atoms with E-state index in [2.05, 4.69) is 10.4 Å². The number of aryl methyl sites for hydroxylation is 1. The van der Waals surface area contributed by atoms with Crippen molar-refractivity contribution in [3.8, 4) is 5.69 Å². The second-order valence-electron chi connectivity index (χ2n) is 5.76. The number of carbonyl (C=O) groups excluding carboxylic acids is 1. The maximum atomic E-state index is 12.2. The highest BCUT2D eigenvalue weighted by molar-refractivity contribution is 5.92. The van der Waals surface area contributed by atoms with E-state index in [9.17, 15) is 24.5 Å². The lowest BCUT2D eigenvalue weighted by atomic mass is 10.2. The van der Waals surface area contributed by atoms with Crippen LogP contribution in [0.15, 0.2) is 35.1 Å². The molecule has 0 atom stereocenters. The highest BCUT2D eigenvalue weighted by Gasteiger charge is 2.19. The standard InChI is InChI=1S/C17H18N4O6/c1-11-10-14(22)16(17(25)18-9-5-4-8-15(23)24)19-20(11)12-6-2-3-7-13(12)21(26)27/h2-3,6-7,10H,4-5,8-9H2,1H3,(H,18,25)(H,23,24). The van der Waals surface area contributed by atoms with Crippen LogP contribution in [-0.2, 0) is 4.79 Å². The van der Waals surface area contributed by atoms with Crippen LogP contribution in [0.25, 0.3) is 5.69 Å². The van der Waals surface area contributed by atoms with Crippen LogP contribution in [0, 0.1) is 17.0 Å². The van der Waals surface area contributed by atoms with Gasteiger partial charge in [-0.2, -0.15) is 5.10 Å². The van der Waals surface area contributed by atoms with Crippen molar-refractivity contribution in [3.05, 3.63) is 62.1 Å². The summed E-state index contributed by atoms with van der Waals surface area (Å²) in [7, 11) is 0. The van der Waals surface area contributed by atoms with E-state index in [1.54, 1.807) is 13.0 Å². The van der Waals surface area contributed by atoms with Crippen LogP contribution in [-0.4, -0.2) is 38.2 Å². The average Bonchev–Trinajstić information content (AvgIpc) is 2.61. The van der Waals surface area contributed by atoms with Crippen molar-refractivity contribution in [2.45, 2.75) is 26.2 Å².